The van der Waals surface area contributed by atoms with Crippen molar-refractivity contribution in [3.8, 4) is 0 Å². The predicted octanol–water partition coefficient (Wildman–Crippen LogP) is 2.32. The van der Waals surface area contributed by atoms with Crippen LogP contribution >= 0.6 is 11.8 Å². The summed E-state index contributed by atoms with van der Waals surface area (Å²) in [5, 5.41) is 0. The molecule has 1 aliphatic rings. The molecule has 0 aromatic heterocycles. The first kappa shape index (κ1) is 7.13. The van der Waals surface area contributed by atoms with Crippen molar-refractivity contribution in [3.63, 3.8) is 0 Å². The van der Waals surface area contributed by atoms with Crippen molar-refractivity contribution < 1.29 is 0 Å². The lowest BCUT2D eigenvalue weighted by molar-refractivity contribution is 0.445. The van der Waals surface area contributed by atoms with Crippen molar-refractivity contribution in [3.05, 3.63) is 0 Å². The molecule has 52 valence electrons. The van der Waals surface area contributed by atoms with Gasteiger partial charge in [-0.25, -0.2) is 0 Å². The topological polar surface area (TPSA) is 12.4 Å². The Morgan fingerprint density at radius 1 is 1.78 bits per heavy atom. The van der Waals surface area contributed by atoms with Crippen molar-refractivity contribution in [2.24, 2.45) is 4.99 Å². The third kappa shape index (κ3) is 1.71. The maximum Gasteiger partial charge on any atom is 0.0591 e. The molecule has 0 aromatic carbocycles. The van der Waals surface area contributed by atoms with Gasteiger partial charge in [-0.05, 0) is 19.8 Å². The van der Waals surface area contributed by atoms with E-state index in [1.807, 2.05) is 17.3 Å². The smallest absolute Gasteiger partial charge is 0.0591 e. The molecule has 2 heteroatoms. The first-order chi connectivity index (χ1) is 4.27. The third-order valence-corrected chi connectivity index (χ3v) is 2.65. The van der Waals surface area contributed by atoms with Gasteiger partial charge >= 0.3 is 0 Å². The molecule has 0 saturated heterocycles. The van der Waals surface area contributed by atoms with E-state index in [2.05, 4.69) is 18.8 Å². The highest BCUT2D eigenvalue weighted by molar-refractivity contribution is 8.12. The van der Waals surface area contributed by atoms with Crippen molar-refractivity contribution >= 4 is 17.3 Å². The van der Waals surface area contributed by atoms with Crippen LogP contribution in [-0.4, -0.2) is 16.8 Å². The zero-order valence-electron chi connectivity index (χ0n) is 6.05. The van der Waals surface area contributed by atoms with Gasteiger partial charge in [-0.15, -0.1) is 11.8 Å². The standard InChI is InChI=1S/C7H13NS/c1-3-7(2)4-5-9-6-8-7/h6H,3-5H2,1-2H3. The molecule has 0 bridgehead atoms. The van der Waals surface area contributed by atoms with E-state index in [4.69, 9.17) is 0 Å². The predicted molar refractivity (Wildman–Crippen MR) is 44.3 cm³/mol. The Balaban J connectivity index is 2.56. The first-order valence-corrected chi connectivity index (χ1v) is 4.47. The average molecular weight is 143 g/mol. The summed E-state index contributed by atoms with van der Waals surface area (Å²) in [6, 6.07) is 0. The quantitative estimate of drug-likeness (QED) is 0.548. The molecule has 1 rings (SSSR count). The molecule has 0 spiro atoms. The minimum atomic E-state index is 0.269. The molecule has 0 fully saturated rings. The SMILES string of the molecule is CCC1(C)CCSC=N1. The maximum absolute atomic E-state index is 4.42. The summed E-state index contributed by atoms with van der Waals surface area (Å²) < 4.78 is 0. The van der Waals surface area contributed by atoms with Crippen LogP contribution in [0.2, 0.25) is 0 Å². The van der Waals surface area contributed by atoms with Crippen LogP contribution in [0.1, 0.15) is 26.7 Å². The molecule has 0 radical (unpaired) electrons. The summed E-state index contributed by atoms with van der Waals surface area (Å²) in [6.07, 6.45) is 2.41. The first-order valence-electron chi connectivity index (χ1n) is 3.42. The van der Waals surface area contributed by atoms with Gasteiger partial charge in [0.15, 0.2) is 0 Å². The van der Waals surface area contributed by atoms with Crippen LogP contribution in [0.3, 0.4) is 0 Å². The Bertz CT molecular complexity index is 122. The lowest BCUT2D eigenvalue weighted by Crippen LogP contribution is -2.23. The molecule has 0 aromatic rings. The van der Waals surface area contributed by atoms with E-state index in [-0.39, 0.29) is 5.54 Å². The van der Waals surface area contributed by atoms with Crippen molar-refractivity contribution in [2.45, 2.75) is 32.2 Å². The molecule has 0 aliphatic carbocycles. The van der Waals surface area contributed by atoms with E-state index < -0.39 is 0 Å². The molecule has 1 nitrogen and oxygen atoms in total. The Labute approximate surface area is 60.9 Å². The van der Waals surface area contributed by atoms with E-state index >= 15 is 0 Å². The number of rotatable bonds is 1. The summed E-state index contributed by atoms with van der Waals surface area (Å²) in [5.74, 6) is 1.24. The number of aliphatic imine (C=N–C) groups is 1. The van der Waals surface area contributed by atoms with Crippen molar-refractivity contribution in [2.75, 3.05) is 5.75 Å². The third-order valence-electron chi connectivity index (χ3n) is 1.96. The second-order valence-electron chi connectivity index (χ2n) is 2.71. The summed E-state index contributed by atoms with van der Waals surface area (Å²) in [5.41, 5.74) is 2.26. The van der Waals surface area contributed by atoms with Crippen LogP contribution in [0.15, 0.2) is 4.99 Å². The van der Waals surface area contributed by atoms with E-state index in [9.17, 15) is 0 Å². The highest BCUT2D eigenvalue weighted by Gasteiger charge is 2.21. The molecule has 0 N–H and O–H groups in total. The fourth-order valence-corrected chi connectivity index (χ4v) is 1.82. The highest BCUT2D eigenvalue weighted by atomic mass is 32.2. The molecular formula is C7H13NS. The van der Waals surface area contributed by atoms with Crippen LogP contribution in [0.25, 0.3) is 0 Å². The Morgan fingerprint density at radius 3 is 2.89 bits per heavy atom. The lowest BCUT2D eigenvalue weighted by atomic mass is 9.97. The molecule has 0 saturated carbocycles. The molecular weight excluding hydrogens is 130 g/mol. The van der Waals surface area contributed by atoms with Gasteiger partial charge in [-0.1, -0.05) is 6.92 Å². The van der Waals surface area contributed by atoms with Crippen LogP contribution in [-0.2, 0) is 0 Å². The zero-order valence-corrected chi connectivity index (χ0v) is 6.87. The monoisotopic (exact) mass is 143 g/mol. The second kappa shape index (κ2) is 2.74. The van der Waals surface area contributed by atoms with Crippen LogP contribution in [0, 0.1) is 0 Å². The van der Waals surface area contributed by atoms with Crippen LogP contribution < -0.4 is 0 Å². The zero-order chi connectivity index (χ0) is 6.74. The van der Waals surface area contributed by atoms with Gasteiger partial charge in [0.1, 0.15) is 0 Å². The number of nitrogens with zero attached hydrogens (tertiary/aromatic N) is 1. The van der Waals surface area contributed by atoms with Gasteiger partial charge in [0, 0.05) is 5.75 Å². The van der Waals surface area contributed by atoms with Crippen LogP contribution in [0.5, 0.6) is 0 Å². The number of hydrogen-bond acceptors (Lipinski definition) is 2. The van der Waals surface area contributed by atoms with Gasteiger partial charge in [0.05, 0.1) is 11.1 Å². The summed E-state index contributed by atoms with van der Waals surface area (Å²) in [4.78, 5) is 4.42. The Kier molecular flexibility index (Phi) is 2.17. The van der Waals surface area contributed by atoms with Crippen molar-refractivity contribution in [1.82, 2.24) is 0 Å². The van der Waals surface area contributed by atoms with E-state index in [0.29, 0.717) is 0 Å². The summed E-state index contributed by atoms with van der Waals surface area (Å²) >= 11 is 1.82. The fraction of sp³-hybridized carbons (Fsp3) is 0.857. The Morgan fingerprint density at radius 2 is 2.56 bits per heavy atom. The van der Waals surface area contributed by atoms with Crippen molar-refractivity contribution in [1.29, 1.82) is 0 Å². The summed E-state index contributed by atoms with van der Waals surface area (Å²) in [6.45, 7) is 4.43. The molecule has 0 amide bonds. The maximum atomic E-state index is 4.42. The fourth-order valence-electron chi connectivity index (χ4n) is 0.829. The van der Waals surface area contributed by atoms with Gasteiger partial charge in [-0.2, -0.15) is 0 Å². The van der Waals surface area contributed by atoms with Gasteiger partial charge in [0.2, 0.25) is 0 Å². The van der Waals surface area contributed by atoms with Crippen LogP contribution in [0.4, 0.5) is 0 Å². The molecule has 1 heterocycles. The largest absolute Gasteiger partial charge is 0.280 e. The number of hydrogen-bond donors (Lipinski definition) is 0. The summed E-state index contributed by atoms with van der Waals surface area (Å²) in [7, 11) is 0. The Hall–Kier alpha value is 0.0200. The minimum Gasteiger partial charge on any atom is -0.280 e. The van der Waals surface area contributed by atoms with Gasteiger partial charge < -0.3 is 0 Å². The number of thioether (sulfide) groups is 1. The molecule has 1 atom stereocenters. The average Bonchev–Trinajstić information content (AvgIpc) is 1.90. The van der Waals surface area contributed by atoms with E-state index in [1.165, 1.54) is 18.6 Å². The lowest BCUT2D eigenvalue weighted by Gasteiger charge is -2.25. The van der Waals surface area contributed by atoms with Gasteiger partial charge in [-0.3, -0.25) is 4.99 Å². The molecule has 9 heavy (non-hydrogen) atoms. The van der Waals surface area contributed by atoms with Gasteiger partial charge in [0.25, 0.3) is 0 Å². The minimum absolute atomic E-state index is 0.269. The molecule has 1 unspecified atom stereocenters. The normalized spacial score (nSPS) is 34.9. The second-order valence-corrected chi connectivity index (χ2v) is 3.66. The highest BCUT2D eigenvalue weighted by Crippen LogP contribution is 2.25. The van der Waals surface area contributed by atoms with E-state index in [1.54, 1.807) is 0 Å². The van der Waals surface area contributed by atoms with E-state index in [0.717, 1.165) is 0 Å². The molecule has 1 aliphatic heterocycles.